The van der Waals surface area contributed by atoms with Gasteiger partial charge in [0.05, 0.1) is 11.6 Å². The van der Waals surface area contributed by atoms with Gasteiger partial charge in [0.15, 0.2) is 0 Å². The van der Waals surface area contributed by atoms with Gasteiger partial charge in [-0.1, -0.05) is 137 Å². The van der Waals surface area contributed by atoms with E-state index in [-0.39, 0.29) is 16.9 Å². The number of rotatable bonds is 17. The first-order valence-electron chi connectivity index (χ1n) is 14.7. The summed E-state index contributed by atoms with van der Waals surface area (Å²) < 4.78 is 15.6. The van der Waals surface area contributed by atoms with Crippen LogP contribution in [0.4, 0.5) is 4.39 Å². The summed E-state index contributed by atoms with van der Waals surface area (Å²) in [6.45, 7) is 2.59. The van der Waals surface area contributed by atoms with Gasteiger partial charge >= 0.3 is 0 Å². The van der Waals surface area contributed by atoms with Crippen LogP contribution in [0.3, 0.4) is 0 Å². The van der Waals surface area contributed by atoms with Gasteiger partial charge in [0.2, 0.25) is 0 Å². The largest absolute Gasteiger partial charge is 0.507 e. The molecule has 1 aliphatic heterocycles. The minimum atomic E-state index is -0.952. The van der Waals surface area contributed by atoms with E-state index in [2.05, 4.69) is 22.9 Å². The Morgan fingerprint density at radius 1 is 0.821 bits per heavy atom. The van der Waals surface area contributed by atoms with Crippen LogP contribution in [-0.2, 0) is 9.59 Å². The molecule has 1 N–H and O–H groups in total. The summed E-state index contributed by atoms with van der Waals surface area (Å²) in [5.41, 5.74) is 0.562. The van der Waals surface area contributed by atoms with Gasteiger partial charge < -0.3 is 10.0 Å². The van der Waals surface area contributed by atoms with Crippen LogP contribution < -0.4 is 0 Å². The molecule has 39 heavy (non-hydrogen) atoms. The molecule has 1 fully saturated rings. The van der Waals surface area contributed by atoms with Crippen LogP contribution in [0.25, 0.3) is 5.76 Å². The second-order valence-corrected chi connectivity index (χ2v) is 11.5. The van der Waals surface area contributed by atoms with Crippen LogP contribution in [0.5, 0.6) is 0 Å². The van der Waals surface area contributed by atoms with Gasteiger partial charge in [-0.25, -0.2) is 4.39 Å². The first-order chi connectivity index (χ1) is 19.0. The molecule has 0 spiro atoms. The number of benzene rings is 2. The Morgan fingerprint density at radius 2 is 1.38 bits per heavy atom. The second-order valence-electron chi connectivity index (χ2n) is 10.6. The van der Waals surface area contributed by atoms with Crippen molar-refractivity contribution in [1.29, 1.82) is 0 Å². The van der Waals surface area contributed by atoms with Crippen molar-refractivity contribution in [3.63, 3.8) is 0 Å². The molecule has 212 valence electrons. The number of aliphatic hydroxyl groups is 1. The van der Waals surface area contributed by atoms with E-state index in [1.54, 1.807) is 42.5 Å². The molecule has 6 heteroatoms. The number of amides is 1. The standard InChI is InChI=1S/C33H43BrFNO3/c1-2-3-4-5-6-7-8-9-10-11-12-13-14-17-23-36-30(27-21-15-16-22-28(27)35)29(32(38)33(36)39)31(37)25-19-18-20-26(34)24-25/h15-16,18-22,24,30,37H,2-14,17,23H2,1H3/b31-29-. The molecule has 1 aliphatic rings. The molecule has 1 atom stereocenters. The zero-order valence-electron chi connectivity index (χ0n) is 23.3. The number of Topliss-reactive ketones (excluding diaryl/α,β-unsaturated/α-hetero) is 1. The summed E-state index contributed by atoms with van der Waals surface area (Å²) >= 11 is 3.38. The first-order valence-corrected chi connectivity index (χ1v) is 15.5. The van der Waals surface area contributed by atoms with Crippen molar-refractivity contribution >= 4 is 33.4 Å². The third-order valence-electron chi connectivity index (χ3n) is 7.59. The first kappa shape index (κ1) is 31.1. The second kappa shape index (κ2) is 16.6. The number of aliphatic hydroxyl groups excluding tert-OH is 1. The van der Waals surface area contributed by atoms with Crippen molar-refractivity contribution < 1.29 is 19.1 Å². The molecular formula is C33H43BrFNO3. The van der Waals surface area contributed by atoms with E-state index in [0.29, 0.717) is 12.1 Å². The van der Waals surface area contributed by atoms with E-state index in [9.17, 15) is 19.1 Å². The van der Waals surface area contributed by atoms with Crippen LogP contribution in [0.15, 0.2) is 58.6 Å². The number of carbonyl (C=O) groups excluding carboxylic acids is 2. The van der Waals surface area contributed by atoms with Crippen molar-refractivity contribution in [2.75, 3.05) is 6.54 Å². The molecular weight excluding hydrogens is 557 g/mol. The highest BCUT2D eigenvalue weighted by Crippen LogP contribution is 2.40. The smallest absolute Gasteiger partial charge is 0.295 e. The zero-order valence-corrected chi connectivity index (χ0v) is 24.9. The molecule has 0 aromatic heterocycles. The lowest BCUT2D eigenvalue weighted by Crippen LogP contribution is -2.31. The summed E-state index contributed by atoms with van der Waals surface area (Å²) in [7, 11) is 0. The van der Waals surface area contributed by atoms with Gasteiger partial charge in [-0.15, -0.1) is 0 Å². The number of carbonyl (C=O) groups is 2. The fourth-order valence-corrected chi connectivity index (χ4v) is 5.80. The van der Waals surface area contributed by atoms with E-state index in [1.807, 2.05) is 0 Å². The molecule has 2 aromatic rings. The lowest BCUT2D eigenvalue weighted by atomic mass is 9.95. The van der Waals surface area contributed by atoms with Crippen molar-refractivity contribution in [3.05, 3.63) is 75.5 Å². The summed E-state index contributed by atoms with van der Waals surface area (Å²) in [6.07, 6.45) is 17.2. The Morgan fingerprint density at radius 3 is 1.95 bits per heavy atom. The van der Waals surface area contributed by atoms with Crippen LogP contribution >= 0.6 is 15.9 Å². The molecule has 0 saturated carbocycles. The minimum absolute atomic E-state index is 0.0615. The van der Waals surface area contributed by atoms with Gasteiger partial charge in [0, 0.05) is 22.1 Å². The normalized spacial score (nSPS) is 16.8. The zero-order chi connectivity index (χ0) is 28.0. The number of likely N-dealkylation sites (tertiary alicyclic amines) is 1. The van der Waals surface area contributed by atoms with Crippen LogP contribution in [-0.4, -0.2) is 28.2 Å². The van der Waals surface area contributed by atoms with Crippen molar-refractivity contribution in [2.24, 2.45) is 0 Å². The van der Waals surface area contributed by atoms with Crippen molar-refractivity contribution in [3.8, 4) is 0 Å². The lowest BCUT2D eigenvalue weighted by Gasteiger charge is -2.25. The number of hydrogen-bond acceptors (Lipinski definition) is 3. The Hall–Kier alpha value is -2.47. The van der Waals surface area contributed by atoms with Crippen molar-refractivity contribution in [2.45, 2.75) is 103 Å². The molecule has 0 bridgehead atoms. The Balaban J connectivity index is 1.54. The van der Waals surface area contributed by atoms with E-state index in [1.165, 1.54) is 75.2 Å². The van der Waals surface area contributed by atoms with E-state index >= 15 is 0 Å². The van der Waals surface area contributed by atoms with Gasteiger partial charge in [-0.05, 0) is 24.6 Å². The quantitative estimate of drug-likeness (QED) is 0.0852. The predicted molar refractivity (Wildman–Crippen MR) is 160 cm³/mol. The maximum absolute atomic E-state index is 14.9. The van der Waals surface area contributed by atoms with Gasteiger partial charge in [0.25, 0.3) is 11.7 Å². The number of halogens is 2. The lowest BCUT2D eigenvalue weighted by molar-refractivity contribution is -0.140. The molecule has 0 radical (unpaired) electrons. The topological polar surface area (TPSA) is 57.6 Å². The van der Waals surface area contributed by atoms with Crippen molar-refractivity contribution in [1.82, 2.24) is 4.90 Å². The highest BCUT2D eigenvalue weighted by Gasteiger charge is 2.46. The van der Waals surface area contributed by atoms with Crippen LogP contribution in [0.2, 0.25) is 0 Å². The SMILES string of the molecule is CCCCCCCCCCCCCCCCN1C(=O)C(=O)/C(=C(\O)c2cccc(Br)c2)C1c1ccccc1F. The fourth-order valence-electron chi connectivity index (χ4n) is 5.40. The number of nitrogens with zero attached hydrogens (tertiary/aromatic N) is 1. The van der Waals surface area contributed by atoms with E-state index < -0.39 is 23.5 Å². The molecule has 4 nitrogen and oxygen atoms in total. The maximum Gasteiger partial charge on any atom is 0.295 e. The Labute approximate surface area is 241 Å². The molecule has 1 heterocycles. The van der Waals surface area contributed by atoms with Gasteiger partial charge in [-0.3, -0.25) is 9.59 Å². The molecule has 0 aliphatic carbocycles. The molecule has 2 aromatic carbocycles. The third-order valence-corrected chi connectivity index (χ3v) is 8.08. The molecule has 3 rings (SSSR count). The molecule has 1 unspecified atom stereocenters. The highest BCUT2D eigenvalue weighted by molar-refractivity contribution is 9.10. The number of ketones is 1. The van der Waals surface area contributed by atoms with E-state index in [4.69, 9.17) is 0 Å². The summed E-state index contributed by atoms with van der Waals surface area (Å²) in [5, 5.41) is 11.1. The average Bonchev–Trinajstić information content (AvgIpc) is 3.18. The summed E-state index contributed by atoms with van der Waals surface area (Å²) in [6, 6.07) is 12.1. The third kappa shape index (κ3) is 9.02. The predicted octanol–water partition coefficient (Wildman–Crippen LogP) is 9.49. The number of unbranched alkanes of at least 4 members (excludes halogenated alkanes) is 13. The summed E-state index contributed by atoms with van der Waals surface area (Å²) in [5.74, 6) is -2.25. The number of hydrogen-bond donors (Lipinski definition) is 1. The van der Waals surface area contributed by atoms with Gasteiger partial charge in [0.1, 0.15) is 11.6 Å². The average molecular weight is 601 g/mol. The van der Waals surface area contributed by atoms with Crippen LogP contribution in [0.1, 0.15) is 114 Å². The fraction of sp³-hybridized carbons (Fsp3) is 0.515. The molecule has 1 saturated heterocycles. The highest BCUT2D eigenvalue weighted by atomic mass is 79.9. The monoisotopic (exact) mass is 599 g/mol. The summed E-state index contributed by atoms with van der Waals surface area (Å²) in [4.78, 5) is 27.6. The molecule has 1 amide bonds. The van der Waals surface area contributed by atoms with Crippen LogP contribution in [0, 0.1) is 5.82 Å². The Bertz CT molecular complexity index is 1120. The maximum atomic E-state index is 14.9. The van der Waals surface area contributed by atoms with E-state index in [0.717, 1.165) is 30.2 Å². The van der Waals surface area contributed by atoms with Gasteiger partial charge in [-0.2, -0.15) is 0 Å². The minimum Gasteiger partial charge on any atom is -0.507 e. The Kier molecular flexibility index (Phi) is 13.2.